The van der Waals surface area contributed by atoms with E-state index >= 15 is 0 Å². The molecule has 1 fully saturated rings. The molecule has 38 heavy (non-hydrogen) atoms. The minimum Gasteiger partial charge on any atom is -0.389 e. The quantitative estimate of drug-likeness (QED) is 0.319. The molecule has 2 aromatic carbocycles. The number of aromatic nitrogens is 5. The summed E-state index contributed by atoms with van der Waals surface area (Å²) in [5.41, 5.74) is 2.04. The molecule has 1 aliphatic rings. The molecule has 1 saturated carbocycles. The average Bonchev–Trinajstić information content (AvgIpc) is 3.48. The minimum atomic E-state index is -1.31. The fraction of sp³-hybridized carbons (Fsp3) is 0.286. The van der Waals surface area contributed by atoms with Crippen molar-refractivity contribution in [1.82, 2.24) is 30.1 Å². The maximum absolute atomic E-state index is 14.2. The molecule has 5 aromatic rings. The van der Waals surface area contributed by atoms with Gasteiger partial charge in [0, 0.05) is 40.7 Å². The summed E-state index contributed by atoms with van der Waals surface area (Å²) in [6.45, 7) is 1.83. The van der Waals surface area contributed by atoms with Crippen LogP contribution < -0.4 is 5.32 Å². The normalized spacial score (nSPS) is 19.7. The van der Waals surface area contributed by atoms with E-state index in [9.17, 15) is 18.7 Å². The molecule has 3 aromatic heterocycles. The van der Waals surface area contributed by atoms with Crippen molar-refractivity contribution >= 4 is 22.5 Å². The Labute approximate surface area is 216 Å². The summed E-state index contributed by atoms with van der Waals surface area (Å²) in [7, 11) is 0. The molecule has 2 atom stereocenters. The zero-order valence-electron chi connectivity index (χ0n) is 20.7. The number of halogens is 2. The number of carbonyl (C=O) groups is 1. The van der Waals surface area contributed by atoms with Gasteiger partial charge in [-0.15, -0.1) is 0 Å². The van der Waals surface area contributed by atoms with E-state index in [1.165, 1.54) is 18.2 Å². The lowest BCUT2D eigenvalue weighted by Gasteiger charge is -2.37. The van der Waals surface area contributed by atoms with E-state index < -0.39 is 17.2 Å². The number of hydrogen-bond acceptors (Lipinski definition) is 5. The Bertz CT molecular complexity index is 1660. The lowest BCUT2D eigenvalue weighted by molar-refractivity contribution is -0.00754. The summed E-state index contributed by atoms with van der Waals surface area (Å²) in [5, 5.41) is 26.8. The van der Waals surface area contributed by atoms with E-state index in [4.69, 9.17) is 0 Å². The third kappa shape index (κ3) is 4.51. The van der Waals surface area contributed by atoms with Crippen LogP contribution in [-0.4, -0.2) is 47.5 Å². The van der Waals surface area contributed by atoms with Crippen LogP contribution in [-0.2, 0) is 6.42 Å². The first kappa shape index (κ1) is 24.2. The Morgan fingerprint density at radius 2 is 2.03 bits per heavy atom. The summed E-state index contributed by atoms with van der Waals surface area (Å²) in [4.78, 5) is 17.6. The number of aromatic amines is 1. The second-order valence-electron chi connectivity index (χ2n) is 10.1. The SMILES string of the molecule is Cc1nc2ccc(-c3n[nH]c4ccc(C(=O)N[C@@H]5CCC[C@](O)(Cc6c(F)cccc6F)C5)cc34)cn2n1. The van der Waals surface area contributed by atoms with Crippen molar-refractivity contribution in [2.75, 3.05) is 0 Å². The van der Waals surface area contributed by atoms with Gasteiger partial charge in [0.15, 0.2) is 5.65 Å². The number of hydrogen-bond donors (Lipinski definition) is 3. The van der Waals surface area contributed by atoms with Crippen LogP contribution in [0.25, 0.3) is 27.8 Å². The molecule has 10 heteroatoms. The molecule has 0 spiro atoms. The van der Waals surface area contributed by atoms with Crippen LogP contribution in [0.2, 0.25) is 0 Å². The topological polar surface area (TPSA) is 108 Å². The van der Waals surface area contributed by atoms with E-state index in [0.29, 0.717) is 36.3 Å². The highest BCUT2D eigenvalue weighted by atomic mass is 19.1. The van der Waals surface area contributed by atoms with Gasteiger partial charge in [0.05, 0.1) is 11.1 Å². The summed E-state index contributed by atoms with van der Waals surface area (Å²) >= 11 is 0. The Balaban J connectivity index is 1.22. The molecule has 8 nitrogen and oxygen atoms in total. The Morgan fingerprint density at radius 3 is 2.84 bits per heavy atom. The van der Waals surface area contributed by atoms with E-state index in [0.717, 1.165) is 22.1 Å². The van der Waals surface area contributed by atoms with Crippen LogP contribution in [0.1, 0.15) is 47.4 Å². The number of rotatable bonds is 5. The molecule has 1 amide bonds. The highest BCUT2D eigenvalue weighted by Gasteiger charge is 2.36. The average molecular weight is 517 g/mol. The first-order valence-corrected chi connectivity index (χ1v) is 12.6. The van der Waals surface area contributed by atoms with Crippen molar-refractivity contribution in [3.63, 3.8) is 0 Å². The predicted molar refractivity (Wildman–Crippen MR) is 138 cm³/mol. The number of pyridine rings is 1. The number of aliphatic hydroxyl groups is 1. The van der Waals surface area contributed by atoms with Gasteiger partial charge < -0.3 is 10.4 Å². The third-order valence-electron chi connectivity index (χ3n) is 7.26. The maximum Gasteiger partial charge on any atom is 0.251 e. The monoisotopic (exact) mass is 516 g/mol. The molecule has 1 aliphatic carbocycles. The van der Waals surface area contributed by atoms with Crippen LogP contribution in [0.3, 0.4) is 0 Å². The van der Waals surface area contributed by atoms with Crippen LogP contribution in [0.4, 0.5) is 8.78 Å². The lowest BCUT2D eigenvalue weighted by Crippen LogP contribution is -2.47. The van der Waals surface area contributed by atoms with E-state index in [1.54, 1.807) is 22.7 Å². The molecule has 3 heterocycles. The summed E-state index contributed by atoms with van der Waals surface area (Å²) in [5.74, 6) is -0.965. The third-order valence-corrected chi connectivity index (χ3v) is 7.26. The first-order chi connectivity index (χ1) is 18.3. The van der Waals surface area contributed by atoms with Crippen molar-refractivity contribution in [3.05, 3.63) is 83.3 Å². The summed E-state index contributed by atoms with van der Waals surface area (Å²) in [6, 6.07) is 12.4. The van der Waals surface area contributed by atoms with E-state index in [2.05, 4.69) is 25.6 Å². The second kappa shape index (κ2) is 9.29. The Morgan fingerprint density at radius 1 is 1.21 bits per heavy atom. The first-order valence-electron chi connectivity index (χ1n) is 12.6. The summed E-state index contributed by atoms with van der Waals surface area (Å²) in [6.07, 6.45) is 3.63. The van der Waals surface area contributed by atoms with Crippen molar-refractivity contribution in [3.8, 4) is 11.3 Å². The fourth-order valence-electron chi connectivity index (χ4n) is 5.43. The molecular weight excluding hydrogens is 490 g/mol. The van der Waals surface area contributed by atoms with Gasteiger partial charge in [-0.1, -0.05) is 6.07 Å². The Kier molecular flexibility index (Phi) is 5.91. The van der Waals surface area contributed by atoms with Gasteiger partial charge in [-0.25, -0.2) is 18.3 Å². The molecular formula is C28H26F2N6O2. The van der Waals surface area contributed by atoms with E-state index in [1.807, 2.05) is 25.3 Å². The van der Waals surface area contributed by atoms with Gasteiger partial charge in [-0.3, -0.25) is 9.89 Å². The molecule has 194 valence electrons. The maximum atomic E-state index is 14.2. The zero-order valence-corrected chi connectivity index (χ0v) is 20.7. The second-order valence-corrected chi connectivity index (χ2v) is 10.1. The number of carbonyl (C=O) groups excluding carboxylic acids is 1. The van der Waals surface area contributed by atoms with Gasteiger partial charge in [0.1, 0.15) is 23.2 Å². The number of nitrogens with one attached hydrogen (secondary N) is 2. The van der Waals surface area contributed by atoms with Crippen LogP contribution >= 0.6 is 0 Å². The van der Waals surface area contributed by atoms with Crippen molar-refractivity contribution in [1.29, 1.82) is 0 Å². The zero-order chi connectivity index (χ0) is 26.4. The molecule has 3 N–H and O–H groups in total. The number of benzene rings is 2. The highest BCUT2D eigenvalue weighted by Crippen LogP contribution is 2.33. The molecule has 0 radical (unpaired) electrons. The molecule has 6 rings (SSSR count). The van der Waals surface area contributed by atoms with Gasteiger partial charge in [0.25, 0.3) is 5.91 Å². The standard InChI is InChI=1S/C28H26F2N6O2/c1-16-31-25-10-8-18(15-36(25)35-16)26-20-12-17(7-9-24(20)33-34-26)27(37)32-19-4-3-11-28(38,13-19)14-21-22(29)5-2-6-23(21)30/h2,5-10,12,15,19,38H,3-4,11,13-14H2,1H3,(H,32,37)(H,33,34)/t19-,28-/m1/s1. The molecule has 0 bridgehead atoms. The lowest BCUT2D eigenvalue weighted by atomic mass is 9.78. The van der Waals surface area contributed by atoms with Crippen LogP contribution in [0, 0.1) is 18.6 Å². The van der Waals surface area contributed by atoms with Gasteiger partial charge in [-0.2, -0.15) is 10.2 Å². The molecule has 0 aliphatic heterocycles. The number of amides is 1. The number of aryl methyl sites for hydroxylation is 1. The number of H-pyrrole nitrogens is 1. The number of fused-ring (bicyclic) bond motifs is 2. The fourth-order valence-corrected chi connectivity index (χ4v) is 5.43. The summed E-state index contributed by atoms with van der Waals surface area (Å²) < 4.78 is 30.1. The largest absolute Gasteiger partial charge is 0.389 e. The smallest absolute Gasteiger partial charge is 0.251 e. The van der Waals surface area contributed by atoms with Crippen LogP contribution in [0.15, 0.2) is 54.7 Å². The van der Waals surface area contributed by atoms with Gasteiger partial charge in [-0.05, 0) is 75.1 Å². The predicted octanol–water partition coefficient (Wildman–Crippen LogP) is 4.51. The van der Waals surface area contributed by atoms with Crippen LogP contribution in [0.5, 0.6) is 0 Å². The van der Waals surface area contributed by atoms with Crippen molar-refractivity contribution in [2.45, 2.75) is 50.7 Å². The van der Waals surface area contributed by atoms with Crippen molar-refractivity contribution < 1.29 is 18.7 Å². The Hall–Kier alpha value is -4.18. The highest BCUT2D eigenvalue weighted by molar-refractivity contribution is 6.01. The van der Waals surface area contributed by atoms with Gasteiger partial charge >= 0.3 is 0 Å². The van der Waals surface area contributed by atoms with E-state index in [-0.39, 0.29) is 30.4 Å². The minimum absolute atomic E-state index is 0.126. The molecule has 0 saturated heterocycles. The van der Waals surface area contributed by atoms with Gasteiger partial charge in [0.2, 0.25) is 0 Å². The van der Waals surface area contributed by atoms with Crippen molar-refractivity contribution in [2.24, 2.45) is 0 Å². The number of nitrogens with zero attached hydrogens (tertiary/aromatic N) is 4. The molecule has 0 unspecified atom stereocenters.